The minimum Gasteiger partial charge on any atom is -0.347 e. The molecule has 0 aliphatic rings. The molecule has 3 heteroatoms. The third-order valence-corrected chi connectivity index (χ3v) is 1.23. The lowest BCUT2D eigenvalue weighted by atomic mass is 10.1. The number of hydrogen-bond donors (Lipinski definition) is 1. The first-order chi connectivity index (χ1) is 4.57. The maximum absolute atomic E-state index is 10.4. The number of carbonyl (C=O) groups excluding carboxylic acids is 2. The molecule has 58 valence electrons. The molecule has 3 nitrogen and oxygen atoms in total. The Hall–Kier alpha value is -0.860. The van der Waals surface area contributed by atoms with Crippen LogP contribution in [0.5, 0.6) is 0 Å². The predicted molar refractivity (Wildman–Crippen MR) is 38.5 cm³/mol. The van der Waals surface area contributed by atoms with Gasteiger partial charge in [-0.3, -0.25) is 4.79 Å². The van der Waals surface area contributed by atoms with Crippen molar-refractivity contribution in [3.8, 4) is 0 Å². The van der Waals surface area contributed by atoms with Gasteiger partial charge in [-0.2, -0.15) is 0 Å². The molecule has 1 amide bonds. The molecule has 0 rings (SSSR count). The average molecular weight is 143 g/mol. The van der Waals surface area contributed by atoms with Gasteiger partial charge in [-0.25, -0.2) is 0 Å². The van der Waals surface area contributed by atoms with E-state index in [-0.39, 0.29) is 17.9 Å². The Bertz CT molecular complexity index is 132. The number of amides is 1. The van der Waals surface area contributed by atoms with Crippen LogP contribution >= 0.6 is 0 Å². The third kappa shape index (κ3) is 3.22. The van der Waals surface area contributed by atoms with Crippen molar-refractivity contribution < 1.29 is 9.59 Å². The zero-order valence-corrected chi connectivity index (χ0v) is 6.55. The lowest BCUT2D eigenvalue weighted by Gasteiger charge is -2.13. The summed E-state index contributed by atoms with van der Waals surface area (Å²) in [5, 5.41) is 2.52. The molecule has 0 aromatic rings. The Morgan fingerprint density at radius 3 is 2.10 bits per heavy atom. The van der Waals surface area contributed by atoms with Gasteiger partial charge >= 0.3 is 0 Å². The van der Waals surface area contributed by atoms with Gasteiger partial charge in [-0.05, 0) is 5.92 Å². The summed E-state index contributed by atoms with van der Waals surface area (Å²) in [7, 11) is 0. The molecule has 0 aliphatic carbocycles. The van der Waals surface area contributed by atoms with E-state index in [0.29, 0.717) is 0 Å². The van der Waals surface area contributed by atoms with Gasteiger partial charge in [0.2, 0.25) is 5.91 Å². The van der Waals surface area contributed by atoms with Crippen molar-refractivity contribution in [2.45, 2.75) is 26.8 Å². The molecule has 0 fully saturated rings. The van der Waals surface area contributed by atoms with Crippen LogP contribution in [0.4, 0.5) is 0 Å². The van der Waals surface area contributed by atoms with E-state index in [1.54, 1.807) is 0 Å². The molecule has 0 aliphatic heterocycles. The van der Waals surface area contributed by atoms with E-state index in [4.69, 9.17) is 0 Å². The normalized spacial score (nSPS) is 12.8. The van der Waals surface area contributed by atoms with Crippen LogP contribution in [-0.2, 0) is 9.59 Å². The van der Waals surface area contributed by atoms with Crippen molar-refractivity contribution in [1.82, 2.24) is 5.32 Å². The summed E-state index contributed by atoms with van der Waals surface area (Å²) in [6.07, 6.45) is 0.756. The van der Waals surface area contributed by atoms with Gasteiger partial charge in [0.25, 0.3) is 0 Å². The SMILES string of the molecule is CC(=O)NC(C=O)C(C)C. The first-order valence-electron chi connectivity index (χ1n) is 3.30. The van der Waals surface area contributed by atoms with E-state index in [0.717, 1.165) is 6.29 Å². The van der Waals surface area contributed by atoms with Gasteiger partial charge in [0, 0.05) is 6.92 Å². The van der Waals surface area contributed by atoms with Gasteiger partial charge in [-0.15, -0.1) is 0 Å². The number of nitrogens with one attached hydrogen (secondary N) is 1. The minimum atomic E-state index is -0.336. The van der Waals surface area contributed by atoms with E-state index < -0.39 is 0 Å². The van der Waals surface area contributed by atoms with E-state index in [1.165, 1.54) is 6.92 Å². The maximum atomic E-state index is 10.4. The fourth-order valence-corrected chi connectivity index (χ4v) is 0.593. The number of aldehydes is 1. The highest BCUT2D eigenvalue weighted by Crippen LogP contribution is 1.97. The van der Waals surface area contributed by atoms with Crippen molar-refractivity contribution >= 4 is 12.2 Å². The summed E-state index contributed by atoms with van der Waals surface area (Å²) in [5.74, 6) is 0.00667. The van der Waals surface area contributed by atoms with Crippen LogP contribution in [0.2, 0.25) is 0 Å². The molecule has 0 aromatic heterocycles. The number of rotatable bonds is 3. The second-order valence-corrected chi connectivity index (χ2v) is 2.61. The number of hydrogen-bond acceptors (Lipinski definition) is 2. The van der Waals surface area contributed by atoms with Crippen molar-refractivity contribution in [1.29, 1.82) is 0 Å². The molecule has 0 radical (unpaired) electrons. The second kappa shape index (κ2) is 4.04. The Balaban J connectivity index is 3.83. The van der Waals surface area contributed by atoms with E-state index in [1.807, 2.05) is 13.8 Å². The molecule has 1 unspecified atom stereocenters. The highest BCUT2D eigenvalue weighted by molar-refractivity contribution is 5.77. The molecular formula is C7H13NO2. The van der Waals surface area contributed by atoms with Crippen LogP contribution in [0, 0.1) is 5.92 Å². The zero-order valence-electron chi connectivity index (χ0n) is 6.55. The third-order valence-electron chi connectivity index (χ3n) is 1.23. The summed E-state index contributed by atoms with van der Waals surface area (Å²) in [6, 6.07) is -0.336. The monoisotopic (exact) mass is 143 g/mol. The lowest BCUT2D eigenvalue weighted by molar-refractivity contribution is -0.122. The summed E-state index contributed by atoms with van der Waals surface area (Å²) in [4.78, 5) is 20.7. The Morgan fingerprint density at radius 1 is 1.50 bits per heavy atom. The Kier molecular flexibility index (Phi) is 3.69. The van der Waals surface area contributed by atoms with Crippen LogP contribution in [0.1, 0.15) is 20.8 Å². The fourth-order valence-electron chi connectivity index (χ4n) is 0.593. The largest absolute Gasteiger partial charge is 0.347 e. The summed E-state index contributed by atoms with van der Waals surface area (Å²) < 4.78 is 0. The summed E-state index contributed by atoms with van der Waals surface area (Å²) in [5.41, 5.74) is 0. The molecule has 0 saturated carbocycles. The van der Waals surface area contributed by atoms with E-state index in [9.17, 15) is 9.59 Å². The number of carbonyl (C=O) groups is 2. The van der Waals surface area contributed by atoms with Gasteiger partial charge < -0.3 is 10.1 Å². The molecule has 0 spiro atoms. The summed E-state index contributed by atoms with van der Waals surface area (Å²) in [6.45, 7) is 5.17. The van der Waals surface area contributed by atoms with Crippen molar-refractivity contribution in [2.24, 2.45) is 5.92 Å². The van der Waals surface area contributed by atoms with E-state index >= 15 is 0 Å². The van der Waals surface area contributed by atoms with Gasteiger partial charge in [-0.1, -0.05) is 13.8 Å². The van der Waals surface area contributed by atoms with Crippen molar-refractivity contribution in [3.05, 3.63) is 0 Å². The van der Waals surface area contributed by atoms with Crippen LogP contribution < -0.4 is 5.32 Å². The topological polar surface area (TPSA) is 46.2 Å². The van der Waals surface area contributed by atoms with Crippen molar-refractivity contribution in [2.75, 3.05) is 0 Å². The van der Waals surface area contributed by atoms with Crippen LogP contribution in [-0.4, -0.2) is 18.2 Å². The molecule has 0 saturated heterocycles. The summed E-state index contributed by atoms with van der Waals surface area (Å²) >= 11 is 0. The molecule has 0 aromatic carbocycles. The molecule has 10 heavy (non-hydrogen) atoms. The molecule has 1 atom stereocenters. The average Bonchev–Trinajstić information content (AvgIpc) is 1.81. The minimum absolute atomic E-state index is 0.161. The van der Waals surface area contributed by atoms with Gasteiger partial charge in [0.1, 0.15) is 6.29 Å². The van der Waals surface area contributed by atoms with Crippen LogP contribution in [0.25, 0.3) is 0 Å². The fraction of sp³-hybridized carbons (Fsp3) is 0.714. The first kappa shape index (κ1) is 9.14. The molecule has 0 heterocycles. The predicted octanol–water partition coefficient (Wildman–Crippen LogP) is 0.346. The van der Waals surface area contributed by atoms with Crippen LogP contribution in [0.3, 0.4) is 0 Å². The van der Waals surface area contributed by atoms with Crippen molar-refractivity contribution in [3.63, 3.8) is 0 Å². The van der Waals surface area contributed by atoms with Gasteiger partial charge in [0.15, 0.2) is 0 Å². The Morgan fingerprint density at radius 2 is 2.00 bits per heavy atom. The molecule has 0 bridgehead atoms. The smallest absolute Gasteiger partial charge is 0.217 e. The first-order valence-corrected chi connectivity index (χ1v) is 3.30. The Labute approximate surface area is 60.8 Å². The zero-order chi connectivity index (χ0) is 8.15. The quantitative estimate of drug-likeness (QED) is 0.579. The van der Waals surface area contributed by atoms with Gasteiger partial charge in [0.05, 0.1) is 6.04 Å². The van der Waals surface area contributed by atoms with E-state index in [2.05, 4.69) is 5.32 Å². The maximum Gasteiger partial charge on any atom is 0.217 e. The lowest BCUT2D eigenvalue weighted by Crippen LogP contribution is -2.38. The standard InChI is InChI=1S/C7H13NO2/c1-5(2)7(4-9)8-6(3)10/h4-5,7H,1-3H3,(H,8,10). The highest BCUT2D eigenvalue weighted by Gasteiger charge is 2.11. The molecular weight excluding hydrogens is 130 g/mol. The second-order valence-electron chi connectivity index (χ2n) is 2.61. The highest BCUT2D eigenvalue weighted by atomic mass is 16.2. The molecule has 1 N–H and O–H groups in total. The van der Waals surface area contributed by atoms with Crippen LogP contribution in [0.15, 0.2) is 0 Å².